The Morgan fingerprint density at radius 1 is 1.12 bits per heavy atom. The molecule has 1 saturated carbocycles. The summed E-state index contributed by atoms with van der Waals surface area (Å²) in [6.07, 6.45) is -4.07. The van der Waals surface area contributed by atoms with Crippen LogP contribution in [0.1, 0.15) is 63.0 Å². The Hall–Kier alpha value is -3.64. The number of benzene rings is 1. The first-order valence-corrected chi connectivity index (χ1v) is 13.7. The predicted octanol–water partition coefficient (Wildman–Crippen LogP) is 5.66. The number of alkyl halides is 6. The molecule has 1 aromatic carbocycles. The van der Waals surface area contributed by atoms with E-state index in [-0.39, 0.29) is 55.8 Å². The Kier molecular flexibility index (Phi) is 8.89. The van der Waals surface area contributed by atoms with E-state index in [1.54, 1.807) is 18.2 Å². The van der Waals surface area contributed by atoms with E-state index < -0.39 is 53.3 Å². The minimum atomic E-state index is -4.58. The molecule has 1 aliphatic heterocycles. The molecule has 0 radical (unpaired) electrons. The largest absolute Gasteiger partial charge is 0.481 e. The van der Waals surface area contributed by atoms with Crippen molar-refractivity contribution >= 4 is 23.5 Å². The van der Waals surface area contributed by atoms with Crippen molar-refractivity contribution in [3.05, 3.63) is 59.2 Å². The molecule has 1 fully saturated rings. The van der Waals surface area contributed by atoms with Crippen LogP contribution in [-0.4, -0.2) is 57.9 Å². The van der Waals surface area contributed by atoms with Gasteiger partial charge in [0.25, 0.3) is 11.8 Å². The highest BCUT2D eigenvalue weighted by atomic mass is 19.4. The third-order valence-electron chi connectivity index (χ3n) is 8.19. The second-order valence-electron chi connectivity index (χ2n) is 10.8. The van der Waals surface area contributed by atoms with Crippen LogP contribution in [0.15, 0.2) is 53.1 Å². The summed E-state index contributed by atoms with van der Waals surface area (Å²) in [4.78, 5) is 43.2. The number of hydrogen-bond acceptors (Lipinski definition) is 4. The molecule has 0 saturated heterocycles. The minimum absolute atomic E-state index is 0.0475. The molecular weight excluding hydrogens is 568 g/mol. The first-order chi connectivity index (χ1) is 19.7. The highest BCUT2D eigenvalue weighted by molar-refractivity contribution is 6.46. The van der Waals surface area contributed by atoms with E-state index in [4.69, 9.17) is 5.11 Å². The number of rotatable bonds is 8. The standard InChI is InChI=1S/C29H31F6N3O4/c1-2-22(17-3-5-19(6-4-17)25(41)36-16-13-23(39)40)38-26(42)24(18-7-9-20(10-8-18)28(30,31)32)37-27(38)14-11-21(12-15-27)29(33,34)35/h3,5-10,17,21-22H,2,4,11-16H2,1H3,(H,36,41)(H,39,40)/t17?,21?,22-,27?/m1/s1. The number of aliphatic carboxylic acids is 1. The van der Waals surface area contributed by atoms with Gasteiger partial charge in [-0.2, -0.15) is 26.3 Å². The number of carbonyl (C=O) groups is 3. The summed E-state index contributed by atoms with van der Waals surface area (Å²) >= 11 is 0. The van der Waals surface area contributed by atoms with Crippen molar-refractivity contribution < 1.29 is 45.8 Å². The molecule has 1 heterocycles. The van der Waals surface area contributed by atoms with Gasteiger partial charge in [-0.1, -0.05) is 37.3 Å². The maximum atomic E-state index is 13.9. The molecule has 4 rings (SSSR count). The number of halogens is 6. The van der Waals surface area contributed by atoms with E-state index >= 15 is 0 Å². The first kappa shape index (κ1) is 31.3. The van der Waals surface area contributed by atoms with Gasteiger partial charge in [0.05, 0.1) is 17.9 Å². The number of amides is 2. The Labute approximate surface area is 238 Å². The molecule has 2 amide bonds. The lowest BCUT2D eigenvalue weighted by Crippen LogP contribution is -2.56. The van der Waals surface area contributed by atoms with E-state index in [0.717, 1.165) is 24.3 Å². The van der Waals surface area contributed by atoms with Gasteiger partial charge in [-0.3, -0.25) is 19.4 Å². The summed E-state index contributed by atoms with van der Waals surface area (Å²) in [5.74, 6) is -3.91. The van der Waals surface area contributed by atoms with Gasteiger partial charge >= 0.3 is 18.3 Å². The highest BCUT2D eigenvalue weighted by Crippen LogP contribution is 2.48. The van der Waals surface area contributed by atoms with Crippen molar-refractivity contribution in [2.45, 2.75) is 75.9 Å². The topological polar surface area (TPSA) is 99.1 Å². The molecule has 228 valence electrons. The fourth-order valence-electron chi connectivity index (χ4n) is 5.99. The average Bonchev–Trinajstić information content (AvgIpc) is 3.20. The van der Waals surface area contributed by atoms with Gasteiger partial charge < -0.3 is 15.3 Å². The smallest absolute Gasteiger partial charge is 0.416 e. The number of allylic oxidation sites excluding steroid dienone is 1. The number of carboxylic acid groups (broad SMARTS) is 1. The van der Waals surface area contributed by atoms with Gasteiger partial charge in [0.1, 0.15) is 11.4 Å². The first-order valence-electron chi connectivity index (χ1n) is 13.7. The van der Waals surface area contributed by atoms with Crippen molar-refractivity contribution in [3.8, 4) is 0 Å². The Balaban J connectivity index is 1.60. The molecule has 42 heavy (non-hydrogen) atoms. The quantitative estimate of drug-likeness (QED) is 0.377. The molecule has 2 atom stereocenters. The van der Waals surface area contributed by atoms with Crippen molar-refractivity contribution in [1.29, 1.82) is 0 Å². The number of aliphatic imine (C=N–C) groups is 1. The zero-order valence-electron chi connectivity index (χ0n) is 22.8. The molecule has 1 unspecified atom stereocenters. The molecule has 13 heteroatoms. The average molecular weight is 600 g/mol. The fourth-order valence-corrected chi connectivity index (χ4v) is 5.99. The maximum Gasteiger partial charge on any atom is 0.416 e. The van der Waals surface area contributed by atoms with Crippen LogP contribution in [0.2, 0.25) is 0 Å². The monoisotopic (exact) mass is 599 g/mol. The van der Waals surface area contributed by atoms with Gasteiger partial charge in [0.2, 0.25) is 0 Å². The zero-order valence-corrected chi connectivity index (χ0v) is 22.8. The van der Waals surface area contributed by atoms with Gasteiger partial charge in [-0.25, -0.2) is 0 Å². The number of carboxylic acids is 1. The van der Waals surface area contributed by atoms with Gasteiger partial charge in [-0.15, -0.1) is 0 Å². The maximum absolute atomic E-state index is 13.9. The van der Waals surface area contributed by atoms with E-state index in [1.165, 1.54) is 4.90 Å². The molecule has 3 aliphatic rings. The van der Waals surface area contributed by atoms with Crippen LogP contribution in [0.25, 0.3) is 0 Å². The van der Waals surface area contributed by atoms with Crippen molar-refractivity contribution in [1.82, 2.24) is 10.2 Å². The number of carbonyl (C=O) groups excluding carboxylic acids is 2. The normalized spacial score (nSPS) is 25.3. The molecule has 0 bridgehead atoms. The summed E-state index contributed by atoms with van der Waals surface area (Å²) in [6, 6.07) is 3.47. The lowest BCUT2D eigenvalue weighted by Gasteiger charge is -2.47. The third-order valence-corrected chi connectivity index (χ3v) is 8.19. The third kappa shape index (κ3) is 6.54. The molecular formula is C29H31F6N3O4. The Bertz CT molecular complexity index is 1290. The van der Waals surface area contributed by atoms with Crippen molar-refractivity contribution in [3.63, 3.8) is 0 Å². The lowest BCUT2D eigenvalue weighted by atomic mass is 9.78. The van der Waals surface area contributed by atoms with Gasteiger partial charge in [0, 0.05) is 29.6 Å². The Morgan fingerprint density at radius 3 is 2.26 bits per heavy atom. The van der Waals surface area contributed by atoms with Crippen LogP contribution >= 0.6 is 0 Å². The van der Waals surface area contributed by atoms with Crippen LogP contribution in [0.5, 0.6) is 0 Å². The number of hydrogen-bond donors (Lipinski definition) is 2. The van der Waals surface area contributed by atoms with E-state index in [1.807, 2.05) is 6.92 Å². The second kappa shape index (κ2) is 11.9. The summed E-state index contributed by atoms with van der Waals surface area (Å²) in [7, 11) is 0. The molecule has 2 aliphatic carbocycles. The summed E-state index contributed by atoms with van der Waals surface area (Å²) in [5, 5.41) is 11.3. The fraction of sp³-hybridized carbons (Fsp3) is 0.517. The van der Waals surface area contributed by atoms with Gasteiger partial charge in [0.15, 0.2) is 0 Å². The predicted molar refractivity (Wildman–Crippen MR) is 140 cm³/mol. The van der Waals surface area contributed by atoms with Crippen molar-refractivity contribution in [2.75, 3.05) is 6.54 Å². The molecule has 7 nitrogen and oxygen atoms in total. The second-order valence-corrected chi connectivity index (χ2v) is 10.8. The van der Waals surface area contributed by atoms with E-state index in [9.17, 15) is 40.7 Å². The van der Waals surface area contributed by atoms with Crippen LogP contribution in [-0.2, 0) is 20.6 Å². The number of nitrogens with zero attached hydrogens (tertiary/aromatic N) is 2. The molecule has 2 N–H and O–H groups in total. The van der Waals surface area contributed by atoms with E-state index in [0.29, 0.717) is 18.4 Å². The Morgan fingerprint density at radius 2 is 1.76 bits per heavy atom. The molecule has 1 aromatic rings. The van der Waals surface area contributed by atoms with Crippen LogP contribution in [0, 0.1) is 11.8 Å². The van der Waals surface area contributed by atoms with E-state index in [2.05, 4.69) is 10.3 Å². The minimum Gasteiger partial charge on any atom is -0.481 e. The number of nitrogens with one attached hydrogen (secondary N) is 1. The summed E-state index contributed by atoms with van der Waals surface area (Å²) in [5.41, 5.74) is -1.78. The van der Waals surface area contributed by atoms with Gasteiger partial charge in [-0.05, 0) is 50.7 Å². The summed E-state index contributed by atoms with van der Waals surface area (Å²) in [6.45, 7) is 1.78. The molecule has 0 aromatic heterocycles. The van der Waals surface area contributed by atoms with Crippen LogP contribution < -0.4 is 5.32 Å². The zero-order chi connectivity index (χ0) is 30.9. The van der Waals surface area contributed by atoms with Crippen LogP contribution in [0.3, 0.4) is 0 Å². The molecule has 1 spiro atoms. The van der Waals surface area contributed by atoms with Crippen molar-refractivity contribution in [2.24, 2.45) is 16.8 Å². The highest BCUT2D eigenvalue weighted by Gasteiger charge is 2.55. The summed E-state index contributed by atoms with van der Waals surface area (Å²) < 4.78 is 79.9. The SMILES string of the molecule is CC[C@H](C1C=CC(C(=O)NCCC(=O)O)=CC1)N1C(=O)C(c2ccc(C(F)(F)F)cc2)=NC12CCC(C(F)(F)F)CC2. The van der Waals surface area contributed by atoms with Crippen LogP contribution in [0.4, 0.5) is 26.3 Å². The lowest BCUT2D eigenvalue weighted by molar-refractivity contribution is -0.189.